The van der Waals surface area contributed by atoms with E-state index in [-0.39, 0.29) is 36.0 Å². The highest BCUT2D eigenvalue weighted by Gasteiger charge is 2.44. The first-order valence-corrected chi connectivity index (χ1v) is 13.7. The molecular formula is C25H42N8O5. The number of nitrogens with one attached hydrogen (secondary N) is 5. The van der Waals surface area contributed by atoms with Crippen molar-refractivity contribution < 1.29 is 24.0 Å². The highest BCUT2D eigenvalue weighted by Crippen LogP contribution is 2.28. The van der Waals surface area contributed by atoms with Crippen molar-refractivity contribution in [3.8, 4) is 0 Å². The van der Waals surface area contributed by atoms with Crippen molar-refractivity contribution in [1.82, 2.24) is 36.7 Å². The fourth-order valence-electron chi connectivity index (χ4n) is 5.36. The lowest BCUT2D eigenvalue weighted by molar-refractivity contribution is -0.176. The largest absolute Gasteiger partial charge is 0.359 e. The maximum Gasteiger partial charge on any atom is 0.335 e. The summed E-state index contributed by atoms with van der Waals surface area (Å²) in [6, 6.07) is -2.21. The third kappa shape index (κ3) is 7.42. The summed E-state index contributed by atoms with van der Waals surface area (Å²) in [5.41, 5.74) is 2.43. The average molecular weight is 535 g/mol. The van der Waals surface area contributed by atoms with Crippen LogP contribution in [0.25, 0.3) is 0 Å². The molecule has 6 amide bonds. The molecule has 0 aromatic carbocycles. The van der Waals surface area contributed by atoms with Gasteiger partial charge in [0.15, 0.2) is 0 Å². The van der Waals surface area contributed by atoms with Crippen molar-refractivity contribution in [2.45, 2.75) is 82.8 Å². The summed E-state index contributed by atoms with van der Waals surface area (Å²) >= 11 is 0. The van der Waals surface area contributed by atoms with Crippen LogP contribution in [-0.2, 0) is 19.2 Å². The first-order valence-electron chi connectivity index (χ1n) is 13.7. The molecule has 2 aliphatic heterocycles. The number of nitrogens with zero attached hydrogens (tertiary/aromatic N) is 3. The van der Waals surface area contributed by atoms with Gasteiger partial charge in [-0.25, -0.2) is 15.2 Å². The van der Waals surface area contributed by atoms with Crippen LogP contribution in [0.4, 0.5) is 4.79 Å². The Labute approximate surface area is 223 Å². The molecule has 1 saturated carbocycles. The van der Waals surface area contributed by atoms with Gasteiger partial charge in [-0.3, -0.25) is 24.2 Å². The monoisotopic (exact) mass is 534 g/mol. The molecule has 38 heavy (non-hydrogen) atoms. The van der Waals surface area contributed by atoms with Gasteiger partial charge in [-0.15, -0.1) is 0 Å². The second kappa shape index (κ2) is 14.1. The van der Waals surface area contributed by atoms with Gasteiger partial charge in [-0.1, -0.05) is 6.92 Å². The second-order valence-electron chi connectivity index (χ2n) is 10.2. The molecule has 3 fully saturated rings. The Morgan fingerprint density at radius 2 is 1.79 bits per heavy atom. The van der Waals surface area contributed by atoms with Gasteiger partial charge < -0.3 is 21.3 Å². The van der Waals surface area contributed by atoms with Crippen molar-refractivity contribution in [1.29, 1.82) is 0 Å². The Morgan fingerprint density at radius 1 is 1.05 bits per heavy atom. The number of likely N-dealkylation sites (N-methyl/N-ethyl adjacent to an activating group) is 1. The molecule has 0 unspecified atom stereocenters. The maximum atomic E-state index is 13.2. The smallest absolute Gasteiger partial charge is 0.335 e. The molecule has 3 rings (SSSR count). The number of urea groups is 1. The molecule has 2 heterocycles. The van der Waals surface area contributed by atoms with Gasteiger partial charge in [0.2, 0.25) is 17.7 Å². The summed E-state index contributed by atoms with van der Waals surface area (Å²) in [5.74, 6) is -0.342. The van der Waals surface area contributed by atoms with Crippen LogP contribution in [0.1, 0.15) is 64.7 Å². The van der Waals surface area contributed by atoms with Crippen molar-refractivity contribution in [3.05, 3.63) is 0 Å². The fourth-order valence-corrected chi connectivity index (χ4v) is 5.36. The van der Waals surface area contributed by atoms with E-state index in [1.165, 1.54) is 16.2 Å². The van der Waals surface area contributed by atoms with E-state index < -0.39 is 24.2 Å². The number of hydrogen-bond donors (Lipinski definition) is 5. The standard InChI is InChI=1S/C25H42N8O5/c1-4-18(15-29-31-25(38)28-14-16-7-9-17(10-8-16)22(35)27-3)30-23(36)20-6-5-13-32-21(34)12-11-19(26-2)24(37)33(20)32/h15-20,26H,4-14H2,1-3H3,(H,27,35)(H,30,36)(H2,28,31,38)/b29-15+/t16?,17?,18-,19-,20-/m0/s1. The Balaban J connectivity index is 1.47. The van der Waals surface area contributed by atoms with Crippen molar-refractivity contribution in [2.75, 3.05) is 27.2 Å². The minimum Gasteiger partial charge on any atom is -0.359 e. The van der Waals surface area contributed by atoms with E-state index in [2.05, 4.69) is 31.8 Å². The summed E-state index contributed by atoms with van der Waals surface area (Å²) in [6.45, 7) is 2.79. The van der Waals surface area contributed by atoms with E-state index in [1.807, 2.05) is 6.92 Å². The molecule has 2 saturated heterocycles. The summed E-state index contributed by atoms with van der Waals surface area (Å²) in [5, 5.41) is 18.1. The van der Waals surface area contributed by atoms with Crippen molar-refractivity contribution >= 4 is 35.9 Å². The molecule has 0 bridgehead atoms. The molecule has 3 atom stereocenters. The number of fused-ring (bicyclic) bond motifs is 1. The summed E-state index contributed by atoms with van der Waals surface area (Å²) in [6.07, 6.45) is 7.09. The van der Waals surface area contributed by atoms with Gasteiger partial charge in [0.1, 0.15) is 6.04 Å². The first-order chi connectivity index (χ1) is 18.3. The van der Waals surface area contributed by atoms with E-state index >= 15 is 0 Å². The zero-order chi connectivity index (χ0) is 27.7. The highest BCUT2D eigenvalue weighted by molar-refractivity contribution is 5.94. The zero-order valence-corrected chi connectivity index (χ0v) is 22.6. The molecule has 1 aliphatic carbocycles. The van der Waals surface area contributed by atoms with Gasteiger partial charge in [0.25, 0.3) is 5.91 Å². The number of rotatable bonds is 9. The predicted molar refractivity (Wildman–Crippen MR) is 140 cm³/mol. The molecule has 5 N–H and O–H groups in total. The van der Waals surface area contributed by atoms with Crippen LogP contribution in [0.15, 0.2) is 5.10 Å². The molecule has 13 nitrogen and oxygen atoms in total. The van der Waals surface area contributed by atoms with Crippen LogP contribution in [0.3, 0.4) is 0 Å². The molecule has 0 aromatic heterocycles. The average Bonchev–Trinajstić information content (AvgIpc) is 3.06. The van der Waals surface area contributed by atoms with Crippen LogP contribution in [0.5, 0.6) is 0 Å². The zero-order valence-electron chi connectivity index (χ0n) is 22.6. The maximum absolute atomic E-state index is 13.2. The summed E-state index contributed by atoms with van der Waals surface area (Å²) < 4.78 is 0. The van der Waals surface area contributed by atoms with Crippen LogP contribution >= 0.6 is 0 Å². The normalized spacial score (nSPS) is 26.8. The van der Waals surface area contributed by atoms with Gasteiger partial charge in [-0.2, -0.15) is 5.10 Å². The van der Waals surface area contributed by atoms with Gasteiger partial charge in [0.05, 0.1) is 12.1 Å². The number of carbonyl (C=O) groups is 5. The summed E-state index contributed by atoms with van der Waals surface area (Å²) in [7, 11) is 3.32. The quantitative estimate of drug-likeness (QED) is 0.204. The van der Waals surface area contributed by atoms with Crippen LogP contribution < -0.4 is 26.7 Å². The first kappa shape index (κ1) is 29.3. The third-order valence-electron chi connectivity index (χ3n) is 7.72. The Morgan fingerprint density at radius 3 is 2.45 bits per heavy atom. The number of amides is 6. The lowest BCUT2D eigenvalue weighted by Crippen LogP contribution is -2.64. The molecule has 13 heteroatoms. The van der Waals surface area contributed by atoms with Crippen LogP contribution in [-0.4, -0.2) is 91.2 Å². The molecule has 212 valence electrons. The van der Waals surface area contributed by atoms with E-state index in [9.17, 15) is 24.0 Å². The lowest BCUT2D eigenvalue weighted by Gasteiger charge is -2.43. The molecule has 3 aliphatic rings. The Bertz CT molecular complexity index is 904. The minimum absolute atomic E-state index is 0.0512. The van der Waals surface area contributed by atoms with Crippen molar-refractivity contribution in [3.63, 3.8) is 0 Å². The highest BCUT2D eigenvalue weighted by atomic mass is 16.2. The SMILES string of the molecule is CC[C@@H](/C=N/NC(=O)NCC1CCC(C(=O)NC)CC1)NC(=O)[C@@H]1CCCN2C(=O)CC[C@H](NC)C(=O)N12. The van der Waals surface area contributed by atoms with E-state index in [1.54, 1.807) is 14.1 Å². The van der Waals surface area contributed by atoms with Crippen molar-refractivity contribution in [2.24, 2.45) is 16.9 Å². The summed E-state index contributed by atoms with van der Waals surface area (Å²) in [4.78, 5) is 62.8. The number of hydrazone groups is 1. The third-order valence-corrected chi connectivity index (χ3v) is 7.72. The lowest BCUT2D eigenvalue weighted by atomic mass is 9.81. The van der Waals surface area contributed by atoms with Gasteiger partial charge in [0, 0.05) is 38.7 Å². The Hall–Kier alpha value is -3.22. The topological polar surface area (TPSA) is 164 Å². The molecule has 0 spiro atoms. The molecule has 0 radical (unpaired) electrons. The minimum atomic E-state index is -0.786. The van der Waals surface area contributed by atoms with Gasteiger partial charge in [-0.05, 0) is 64.3 Å². The van der Waals surface area contributed by atoms with E-state index in [4.69, 9.17) is 0 Å². The van der Waals surface area contributed by atoms with Crippen LogP contribution in [0.2, 0.25) is 0 Å². The fraction of sp³-hybridized carbons (Fsp3) is 0.760. The van der Waals surface area contributed by atoms with E-state index in [0.29, 0.717) is 44.7 Å². The Kier molecular flexibility index (Phi) is 10.9. The van der Waals surface area contributed by atoms with Crippen LogP contribution in [0, 0.1) is 11.8 Å². The number of hydrogen-bond acceptors (Lipinski definition) is 7. The molecular weight excluding hydrogens is 492 g/mol. The second-order valence-corrected chi connectivity index (χ2v) is 10.2. The number of carbonyl (C=O) groups excluding carboxylic acids is 5. The van der Waals surface area contributed by atoms with Gasteiger partial charge >= 0.3 is 6.03 Å². The number of hydrazine groups is 1. The molecule has 0 aromatic rings. The predicted octanol–water partition coefficient (Wildman–Crippen LogP) is -0.165. The van der Waals surface area contributed by atoms with E-state index in [0.717, 1.165) is 25.7 Å².